The minimum atomic E-state index is -4.13. The first-order valence-electron chi connectivity index (χ1n) is 10.0. The van der Waals surface area contributed by atoms with Crippen LogP contribution in [0.2, 0.25) is 0 Å². The fourth-order valence-corrected chi connectivity index (χ4v) is 6.14. The number of pyridine rings is 1. The molecule has 0 radical (unpaired) electrons. The summed E-state index contributed by atoms with van der Waals surface area (Å²) in [5.41, 5.74) is 1.08. The molecule has 0 aliphatic carbocycles. The number of amides is 1. The number of nitrogens with one attached hydrogen (secondary N) is 2. The van der Waals surface area contributed by atoms with Crippen molar-refractivity contribution in [3.63, 3.8) is 0 Å². The van der Waals surface area contributed by atoms with Crippen molar-refractivity contribution in [3.05, 3.63) is 68.7 Å². The molecule has 8 nitrogen and oxygen atoms in total. The van der Waals surface area contributed by atoms with Crippen LogP contribution in [-0.2, 0) is 10.0 Å². The highest BCUT2D eigenvalue weighted by Crippen LogP contribution is 2.32. The van der Waals surface area contributed by atoms with Gasteiger partial charge in [0.15, 0.2) is 22.3 Å². The van der Waals surface area contributed by atoms with Crippen LogP contribution in [0.25, 0.3) is 10.6 Å². The summed E-state index contributed by atoms with van der Waals surface area (Å²) in [5, 5.41) is 5.72. The number of aromatic nitrogens is 2. The second-order valence-electron chi connectivity index (χ2n) is 7.43. The van der Waals surface area contributed by atoms with Gasteiger partial charge in [0.05, 0.1) is 24.7 Å². The van der Waals surface area contributed by atoms with Crippen LogP contribution < -0.4 is 14.8 Å². The van der Waals surface area contributed by atoms with Gasteiger partial charge in [-0.1, -0.05) is 0 Å². The average Bonchev–Trinajstić information content (AvgIpc) is 3.45. The zero-order valence-corrected chi connectivity index (χ0v) is 21.3. The molecule has 0 saturated carbocycles. The number of carbonyl (C=O) groups is 1. The van der Waals surface area contributed by atoms with E-state index in [4.69, 9.17) is 4.74 Å². The summed E-state index contributed by atoms with van der Waals surface area (Å²) in [6.45, 7) is 3.54. The van der Waals surface area contributed by atoms with Gasteiger partial charge >= 0.3 is 0 Å². The van der Waals surface area contributed by atoms with Crippen molar-refractivity contribution >= 4 is 50.0 Å². The van der Waals surface area contributed by atoms with Gasteiger partial charge in [0.25, 0.3) is 15.9 Å². The molecule has 3 aromatic heterocycles. The number of halogens is 3. The molecule has 0 bridgehead atoms. The van der Waals surface area contributed by atoms with Gasteiger partial charge in [0, 0.05) is 15.8 Å². The predicted molar refractivity (Wildman–Crippen MR) is 131 cm³/mol. The monoisotopic (exact) mass is 554 g/mol. The molecule has 188 valence electrons. The normalized spacial score (nSPS) is 11.4. The van der Waals surface area contributed by atoms with Crippen molar-refractivity contribution in [1.29, 1.82) is 0 Å². The quantitative estimate of drug-likeness (QED) is 0.298. The summed E-state index contributed by atoms with van der Waals surface area (Å²) in [6.07, 6.45) is 1.20. The van der Waals surface area contributed by atoms with E-state index in [2.05, 4.69) is 20.0 Å². The van der Waals surface area contributed by atoms with Gasteiger partial charge < -0.3 is 10.1 Å². The molecule has 4 rings (SSSR count). The number of nitrogens with zero attached hydrogens (tertiary/aromatic N) is 2. The zero-order chi connectivity index (χ0) is 26.2. The Hall–Kier alpha value is -3.49. The lowest BCUT2D eigenvalue weighted by Gasteiger charge is -2.13. The van der Waals surface area contributed by atoms with Crippen molar-refractivity contribution < 1.29 is 31.1 Å². The molecular formula is C22H17F3N4O4S3. The van der Waals surface area contributed by atoms with E-state index in [1.54, 1.807) is 13.8 Å². The van der Waals surface area contributed by atoms with Gasteiger partial charge in [-0.25, -0.2) is 31.6 Å². The Bertz CT molecular complexity index is 1540. The van der Waals surface area contributed by atoms with Crippen LogP contribution >= 0.6 is 22.7 Å². The topological polar surface area (TPSA) is 110 Å². The molecule has 0 aliphatic heterocycles. The summed E-state index contributed by atoms with van der Waals surface area (Å²) < 4.78 is 74.1. The SMILES string of the molecule is COc1ncc(NC(=O)c2csc(-c3cc(F)c(F)c(F)c3)n2)cc1S(=O)(=O)Nc1c(C)csc1C. The molecule has 0 aliphatic rings. The lowest BCUT2D eigenvalue weighted by Crippen LogP contribution is -2.17. The molecule has 2 N–H and O–H groups in total. The van der Waals surface area contributed by atoms with E-state index in [-0.39, 0.29) is 32.7 Å². The number of benzene rings is 1. The maximum Gasteiger partial charge on any atom is 0.275 e. The Morgan fingerprint density at radius 2 is 1.75 bits per heavy atom. The van der Waals surface area contributed by atoms with E-state index in [1.807, 2.05) is 5.38 Å². The fourth-order valence-electron chi connectivity index (χ4n) is 3.14. The maximum atomic E-state index is 13.5. The van der Waals surface area contributed by atoms with Gasteiger partial charge in [-0.3, -0.25) is 9.52 Å². The minimum absolute atomic E-state index is 0.0355. The van der Waals surface area contributed by atoms with E-state index in [9.17, 15) is 26.4 Å². The third kappa shape index (κ3) is 5.05. The molecule has 36 heavy (non-hydrogen) atoms. The number of thiazole rings is 1. The molecule has 0 saturated heterocycles. The largest absolute Gasteiger partial charge is 0.480 e. The number of anilines is 2. The maximum absolute atomic E-state index is 13.5. The smallest absolute Gasteiger partial charge is 0.275 e. The predicted octanol–water partition coefficient (Wildman–Crippen LogP) is 5.36. The highest BCUT2D eigenvalue weighted by atomic mass is 32.2. The van der Waals surface area contributed by atoms with Crippen LogP contribution in [0.15, 0.2) is 40.1 Å². The summed E-state index contributed by atoms with van der Waals surface area (Å²) in [7, 11) is -2.87. The van der Waals surface area contributed by atoms with Crippen LogP contribution in [0.3, 0.4) is 0 Å². The number of aryl methyl sites for hydroxylation is 2. The van der Waals surface area contributed by atoms with Gasteiger partial charge in [-0.05, 0) is 43.0 Å². The van der Waals surface area contributed by atoms with Crippen molar-refractivity contribution in [2.45, 2.75) is 18.7 Å². The standard InChI is InChI=1S/C22H17F3N4O4S3/c1-10-8-34-11(2)19(10)29-36(31,32)17-6-13(7-26-21(17)33-3)27-20(30)16-9-35-22(28-16)12-4-14(23)18(25)15(24)5-12/h4-9,29H,1-3H3,(H,27,30). The lowest BCUT2D eigenvalue weighted by molar-refractivity contribution is 0.102. The molecule has 0 atom stereocenters. The van der Waals surface area contributed by atoms with Crippen LogP contribution in [0.4, 0.5) is 24.5 Å². The van der Waals surface area contributed by atoms with E-state index in [0.29, 0.717) is 5.69 Å². The number of hydrogen-bond acceptors (Lipinski definition) is 8. The number of hydrogen-bond donors (Lipinski definition) is 2. The first-order chi connectivity index (χ1) is 17.0. The van der Waals surface area contributed by atoms with E-state index in [1.165, 1.54) is 36.1 Å². The Morgan fingerprint density at radius 3 is 2.36 bits per heavy atom. The van der Waals surface area contributed by atoms with Crippen LogP contribution in [-0.4, -0.2) is 31.4 Å². The van der Waals surface area contributed by atoms with Crippen LogP contribution in [0.5, 0.6) is 5.88 Å². The number of methoxy groups -OCH3 is 1. The van der Waals surface area contributed by atoms with Gasteiger partial charge in [-0.2, -0.15) is 0 Å². The van der Waals surface area contributed by atoms with Crippen molar-refractivity contribution in [2.24, 2.45) is 0 Å². The second kappa shape index (κ2) is 9.87. The third-order valence-electron chi connectivity index (χ3n) is 4.92. The Balaban J connectivity index is 1.59. The van der Waals surface area contributed by atoms with Crippen molar-refractivity contribution in [2.75, 3.05) is 17.1 Å². The Kier molecular flexibility index (Phi) is 7.02. The van der Waals surface area contributed by atoms with Gasteiger partial charge in [0.1, 0.15) is 10.7 Å². The third-order valence-corrected chi connectivity index (χ3v) is 8.19. The van der Waals surface area contributed by atoms with Crippen molar-refractivity contribution in [3.8, 4) is 16.5 Å². The average molecular weight is 555 g/mol. The first kappa shape index (κ1) is 25.6. The molecule has 3 heterocycles. The Morgan fingerprint density at radius 1 is 1.06 bits per heavy atom. The molecule has 1 amide bonds. The first-order valence-corrected chi connectivity index (χ1v) is 13.3. The summed E-state index contributed by atoms with van der Waals surface area (Å²) in [6, 6.07) is 2.72. The molecule has 14 heteroatoms. The fraction of sp³-hybridized carbons (Fsp3) is 0.136. The van der Waals surface area contributed by atoms with Crippen molar-refractivity contribution in [1.82, 2.24) is 9.97 Å². The molecule has 0 unspecified atom stereocenters. The minimum Gasteiger partial charge on any atom is -0.480 e. The number of thiophene rings is 1. The molecule has 0 fully saturated rings. The number of ether oxygens (including phenoxy) is 1. The Labute approximate surface area is 211 Å². The molecule has 1 aromatic carbocycles. The zero-order valence-electron chi connectivity index (χ0n) is 18.9. The molecular weight excluding hydrogens is 537 g/mol. The van der Waals surface area contributed by atoms with Gasteiger partial charge in [0.2, 0.25) is 5.88 Å². The highest BCUT2D eigenvalue weighted by molar-refractivity contribution is 7.92. The van der Waals surface area contributed by atoms with Crippen LogP contribution in [0, 0.1) is 31.3 Å². The summed E-state index contributed by atoms with van der Waals surface area (Å²) in [5.74, 6) is -5.28. The number of rotatable bonds is 7. The lowest BCUT2D eigenvalue weighted by atomic mass is 10.2. The van der Waals surface area contributed by atoms with Gasteiger partial charge in [-0.15, -0.1) is 22.7 Å². The summed E-state index contributed by atoms with van der Waals surface area (Å²) in [4.78, 5) is 21.2. The highest BCUT2D eigenvalue weighted by Gasteiger charge is 2.24. The van der Waals surface area contributed by atoms with Crippen LogP contribution in [0.1, 0.15) is 20.9 Å². The number of carbonyl (C=O) groups excluding carboxylic acids is 1. The van der Waals surface area contributed by atoms with E-state index < -0.39 is 33.4 Å². The molecule has 4 aromatic rings. The molecule has 0 spiro atoms. The van der Waals surface area contributed by atoms with E-state index >= 15 is 0 Å². The summed E-state index contributed by atoms with van der Waals surface area (Å²) >= 11 is 2.31. The van der Waals surface area contributed by atoms with E-state index in [0.717, 1.165) is 33.9 Å². The number of sulfonamides is 1. The second-order valence-corrected chi connectivity index (χ2v) is 11.0.